The van der Waals surface area contributed by atoms with E-state index in [1.165, 1.54) is 6.08 Å². The van der Waals surface area contributed by atoms with Crippen LogP contribution in [0.5, 0.6) is 0 Å². The van der Waals surface area contributed by atoms with Crippen molar-refractivity contribution in [1.82, 2.24) is 0 Å². The van der Waals surface area contributed by atoms with Crippen molar-refractivity contribution in [1.29, 1.82) is 0 Å². The van der Waals surface area contributed by atoms with E-state index in [1.54, 1.807) is 36.4 Å². The Morgan fingerprint density at radius 2 is 1.91 bits per heavy atom. The normalized spacial score (nSPS) is 10.8. The molecule has 0 saturated heterocycles. The smallest absolute Gasteiger partial charge is 0.338 e. The molecule has 0 saturated carbocycles. The number of carboxylic acid groups (broad SMARTS) is 1. The van der Waals surface area contributed by atoms with Crippen molar-refractivity contribution in [2.45, 2.75) is 19.8 Å². The monoisotopic (exact) mass is 314 g/mol. The second-order valence-electron chi connectivity index (χ2n) is 4.94. The van der Waals surface area contributed by atoms with Crippen LogP contribution >= 0.6 is 0 Å². The Morgan fingerprint density at radius 1 is 1.17 bits per heavy atom. The van der Waals surface area contributed by atoms with E-state index >= 15 is 0 Å². The summed E-state index contributed by atoms with van der Waals surface area (Å²) in [5.41, 5.74) is 1.28. The van der Waals surface area contributed by atoms with E-state index < -0.39 is 5.97 Å². The molecule has 0 radical (unpaired) electrons. The van der Waals surface area contributed by atoms with Crippen LogP contribution in [0.15, 0.2) is 46.9 Å². The van der Waals surface area contributed by atoms with Crippen molar-refractivity contribution in [3.63, 3.8) is 0 Å². The average Bonchev–Trinajstić information content (AvgIpc) is 3.02. The number of aliphatic carboxylic acids is 1. The molecule has 1 heterocycles. The molecule has 0 fully saturated rings. The lowest BCUT2D eigenvalue weighted by Crippen LogP contribution is -2.05. The van der Waals surface area contributed by atoms with Gasteiger partial charge in [0, 0.05) is 11.6 Å². The second-order valence-corrected chi connectivity index (χ2v) is 4.94. The lowest BCUT2D eigenvalue weighted by Gasteiger charge is -2.04. The van der Waals surface area contributed by atoms with E-state index in [0.29, 0.717) is 23.7 Å². The molecule has 1 aromatic carbocycles. The summed E-state index contributed by atoms with van der Waals surface area (Å²) in [6.45, 7) is 2.46. The molecule has 2 aromatic rings. The van der Waals surface area contributed by atoms with Gasteiger partial charge in [-0.2, -0.15) is 0 Å². The minimum Gasteiger partial charge on any atom is -0.478 e. The predicted molar refractivity (Wildman–Crippen MR) is 86.0 cm³/mol. The van der Waals surface area contributed by atoms with Crippen LogP contribution in [-0.2, 0) is 9.53 Å². The maximum atomic E-state index is 11.8. The molecule has 120 valence electrons. The number of carbonyl (C=O) groups excluding carboxylic acids is 1. The lowest BCUT2D eigenvalue weighted by atomic mass is 10.1. The molecule has 5 heteroatoms. The van der Waals surface area contributed by atoms with Crippen LogP contribution in [0.4, 0.5) is 0 Å². The quantitative estimate of drug-likeness (QED) is 0.475. The Balaban J connectivity index is 2.04. The van der Waals surface area contributed by atoms with Gasteiger partial charge in [0.1, 0.15) is 11.5 Å². The SMILES string of the molecule is CCCCOC(=O)c1ccc(-c2ccc(/C=C/C(=O)O)o2)cc1. The van der Waals surface area contributed by atoms with Gasteiger partial charge in [0.25, 0.3) is 0 Å². The second kappa shape index (κ2) is 7.98. The fourth-order valence-electron chi connectivity index (χ4n) is 1.91. The van der Waals surface area contributed by atoms with Gasteiger partial charge in [0.15, 0.2) is 0 Å². The summed E-state index contributed by atoms with van der Waals surface area (Å²) >= 11 is 0. The molecular formula is C18H18O5. The zero-order valence-electron chi connectivity index (χ0n) is 12.8. The van der Waals surface area contributed by atoms with Gasteiger partial charge in [-0.05, 0) is 36.8 Å². The number of carbonyl (C=O) groups is 2. The zero-order chi connectivity index (χ0) is 16.7. The molecule has 1 N–H and O–H groups in total. The molecule has 0 spiro atoms. The standard InChI is InChI=1S/C18H18O5/c1-2-3-12-22-18(21)14-6-4-13(5-7-14)16-10-8-15(23-16)9-11-17(19)20/h4-11H,2-3,12H2,1H3,(H,19,20)/b11-9+. The van der Waals surface area contributed by atoms with Gasteiger partial charge in [-0.25, -0.2) is 9.59 Å². The van der Waals surface area contributed by atoms with Crippen LogP contribution in [0.3, 0.4) is 0 Å². The highest BCUT2D eigenvalue weighted by atomic mass is 16.5. The van der Waals surface area contributed by atoms with Gasteiger partial charge in [0.05, 0.1) is 12.2 Å². The third-order valence-electron chi connectivity index (χ3n) is 3.15. The molecule has 0 unspecified atom stereocenters. The first-order valence-corrected chi connectivity index (χ1v) is 7.38. The van der Waals surface area contributed by atoms with Gasteiger partial charge >= 0.3 is 11.9 Å². The maximum Gasteiger partial charge on any atom is 0.338 e. The topological polar surface area (TPSA) is 76.7 Å². The highest BCUT2D eigenvalue weighted by Crippen LogP contribution is 2.23. The number of furan rings is 1. The number of rotatable bonds is 7. The first-order valence-electron chi connectivity index (χ1n) is 7.38. The molecule has 0 atom stereocenters. The maximum absolute atomic E-state index is 11.8. The number of esters is 1. The summed E-state index contributed by atoms with van der Waals surface area (Å²) in [5, 5.41) is 8.59. The van der Waals surface area contributed by atoms with E-state index in [0.717, 1.165) is 24.5 Å². The number of ether oxygens (including phenoxy) is 1. The third-order valence-corrected chi connectivity index (χ3v) is 3.15. The molecule has 0 bridgehead atoms. The fraction of sp³-hybridized carbons (Fsp3) is 0.222. The summed E-state index contributed by atoms with van der Waals surface area (Å²) in [4.78, 5) is 22.3. The molecule has 0 aliphatic rings. The van der Waals surface area contributed by atoms with Gasteiger partial charge in [-0.1, -0.05) is 25.5 Å². The zero-order valence-corrected chi connectivity index (χ0v) is 12.8. The summed E-state index contributed by atoms with van der Waals surface area (Å²) in [6, 6.07) is 10.3. The van der Waals surface area contributed by atoms with Crippen molar-refractivity contribution in [2.24, 2.45) is 0 Å². The Labute approximate surface area is 134 Å². The molecule has 1 aromatic heterocycles. The summed E-state index contributed by atoms with van der Waals surface area (Å²) in [5.74, 6) is -0.324. The molecule has 0 amide bonds. The van der Waals surface area contributed by atoms with E-state index in [4.69, 9.17) is 14.3 Å². The number of unbranched alkanes of at least 4 members (excludes halogenated alkanes) is 1. The minimum absolute atomic E-state index is 0.338. The van der Waals surface area contributed by atoms with Crippen LogP contribution in [0, 0.1) is 0 Å². The first-order chi connectivity index (χ1) is 11.1. The average molecular weight is 314 g/mol. The van der Waals surface area contributed by atoms with Gasteiger partial charge in [-0.15, -0.1) is 0 Å². The minimum atomic E-state index is -1.03. The number of benzene rings is 1. The summed E-state index contributed by atoms with van der Waals surface area (Å²) in [6.07, 6.45) is 4.22. The Hall–Kier alpha value is -2.82. The summed E-state index contributed by atoms with van der Waals surface area (Å²) in [7, 11) is 0. The van der Waals surface area contributed by atoms with Crippen molar-refractivity contribution in [3.05, 3.63) is 53.8 Å². The van der Waals surface area contributed by atoms with Crippen LogP contribution < -0.4 is 0 Å². The fourth-order valence-corrected chi connectivity index (χ4v) is 1.91. The molecule has 0 aliphatic heterocycles. The third kappa shape index (κ3) is 4.85. The first kappa shape index (κ1) is 16.5. The number of hydrogen-bond acceptors (Lipinski definition) is 4. The molecule has 2 rings (SSSR count). The highest BCUT2D eigenvalue weighted by Gasteiger charge is 2.08. The van der Waals surface area contributed by atoms with Crippen molar-refractivity contribution in [2.75, 3.05) is 6.61 Å². The molecular weight excluding hydrogens is 296 g/mol. The van der Waals surface area contributed by atoms with Gasteiger partial charge in [-0.3, -0.25) is 0 Å². The van der Waals surface area contributed by atoms with Gasteiger partial charge < -0.3 is 14.3 Å². The van der Waals surface area contributed by atoms with Crippen molar-refractivity contribution in [3.8, 4) is 11.3 Å². The van der Waals surface area contributed by atoms with E-state index in [-0.39, 0.29) is 5.97 Å². The molecule has 5 nitrogen and oxygen atoms in total. The Bertz CT molecular complexity index is 694. The van der Waals surface area contributed by atoms with Crippen molar-refractivity contribution < 1.29 is 23.8 Å². The number of hydrogen-bond donors (Lipinski definition) is 1. The highest BCUT2D eigenvalue weighted by molar-refractivity contribution is 5.90. The molecule has 23 heavy (non-hydrogen) atoms. The largest absolute Gasteiger partial charge is 0.478 e. The molecule has 0 aliphatic carbocycles. The predicted octanol–water partition coefficient (Wildman–Crippen LogP) is 4.00. The van der Waals surface area contributed by atoms with Crippen LogP contribution in [-0.4, -0.2) is 23.7 Å². The van der Waals surface area contributed by atoms with Crippen LogP contribution in [0.2, 0.25) is 0 Å². The van der Waals surface area contributed by atoms with E-state index in [1.807, 2.05) is 6.92 Å². The van der Waals surface area contributed by atoms with Crippen LogP contribution in [0.1, 0.15) is 35.9 Å². The van der Waals surface area contributed by atoms with Crippen LogP contribution in [0.25, 0.3) is 17.4 Å². The van der Waals surface area contributed by atoms with Crippen molar-refractivity contribution >= 4 is 18.0 Å². The Morgan fingerprint density at radius 3 is 2.57 bits per heavy atom. The number of carboxylic acids is 1. The van der Waals surface area contributed by atoms with E-state index in [9.17, 15) is 9.59 Å². The Kier molecular flexibility index (Phi) is 5.74. The lowest BCUT2D eigenvalue weighted by molar-refractivity contribution is -0.131. The van der Waals surface area contributed by atoms with Gasteiger partial charge in [0.2, 0.25) is 0 Å². The van der Waals surface area contributed by atoms with E-state index in [2.05, 4.69) is 0 Å². The summed E-state index contributed by atoms with van der Waals surface area (Å²) < 4.78 is 10.7.